The third-order valence-corrected chi connectivity index (χ3v) is 2.87. The maximum Gasteiger partial charge on any atom is 0.226 e. The second-order valence-electron chi connectivity index (χ2n) is 4.47. The molecule has 0 fully saturated rings. The summed E-state index contributed by atoms with van der Waals surface area (Å²) in [4.78, 5) is 11.9. The number of amides is 1. The highest BCUT2D eigenvalue weighted by Crippen LogP contribution is 2.24. The van der Waals surface area contributed by atoms with Crippen molar-refractivity contribution in [2.75, 3.05) is 18.2 Å². The van der Waals surface area contributed by atoms with Crippen LogP contribution in [0, 0.1) is 6.92 Å². The van der Waals surface area contributed by atoms with Crippen LogP contribution in [0.2, 0.25) is 0 Å². The molecule has 1 aromatic heterocycles. The number of methoxy groups -OCH3 is 1. The summed E-state index contributed by atoms with van der Waals surface area (Å²) in [6, 6.07) is 7.05. The second kappa shape index (κ2) is 6.10. The van der Waals surface area contributed by atoms with Gasteiger partial charge in [-0.05, 0) is 25.1 Å². The van der Waals surface area contributed by atoms with Crippen LogP contribution in [0.15, 0.2) is 30.5 Å². The molecule has 6 heteroatoms. The summed E-state index contributed by atoms with van der Waals surface area (Å²) < 4.78 is 6.80. The molecular formula is C14H18N4O2. The normalized spacial score (nSPS) is 10.3. The number of hydrogen-bond acceptors (Lipinski definition) is 4. The van der Waals surface area contributed by atoms with Crippen molar-refractivity contribution in [1.82, 2.24) is 9.78 Å². The molecule has 2 aromatic rings. The maximum atomic E-state index is 11.9. The van der Waals surface area contributed by atoms with Crippen molar-refractivity contribution in [3.63, 3.8) is 0 Å². The fourth-order valence-electron chi connectivity index (χ4n) is 1.80. The standard InChI is InChI=1S/C14H18N4O2/c1-10-5-7-18(17-10)8-6-14(19)16-13-4-3-11(20-2)9-12(13)15/h3-5,7,9H,6,8,15H2,1-2H3,(H,16,19). The van der Waals surface area contributed by atoms with Crippen molar-refractivity contribution >= 4 is 17.3 Å². The molecule has 2 rings (SSSR count). The first kappa shape index (κ1) is 13.9. The molecule has 20 heavy (non-hydrogen) atoms. The Morgan fingerprint density at radius 3 is 2.85 bits per heavy atom. The Bertz CT molecular complexity index is 607. The average Bonchev–Trinajstić information content (AvgIpc) is 2.84. The second-order valence-corrected chi connectivity index (χ2v) is 4.47. The van der Waals surface area contributed by atoms with Gasteiger partial charge in [0.05, 0.1) is 24.2 Å². The van der Waals surface area contributed by atoms with Crippen LogP contribution < -0.4 is 15.8 Å². The summed E-state index contributed by atoms with van der Waals surface area (Å²) in [5.41, 5.74) is 7.85. The van der Waals surface area contributed by atoms with Crippen LogP contribution in [-0.2, 0) is 11.3 Å². The van der Waals surface area contributed by atoms with Crippen LogP contribution in [0.25, 0.3) is 0 Å². The van der Waals surface area contributed by atoms with E-state index in [4.69, 9.17) is 10.5 Å². The van der Waals surface area contributed by atoms with Crippen LogP contribution >= 0.6 is 0 Å². The quantitative estimate of drug-likeness (QED) is 0.815. The molecule has 0 saturated heterocycles. The Kier molecular flexibility index (Phi) is 4.24. The Morgan fingerprint density at radius 2 is 2.25 bits per heavy atom. The van der Waals surface area contributed by atoms with Crippen LogP contribution in [0.1, 0.15) is 12.1 Å². The molecule has 3 N–H and O–H groups in total. The smallest absolute Gasteiger partial charge is 0.226 e. The van der Waals surface area contributed by atoms with Gasteiger partial charge in [-0.2, -0.15) is 5.10 Å². The van der Waals surface area contributed by atoms with E-state index in [0.717, 1.165) is 5.69 Å². The molecule has 0 aliphatic carbocycles. The number of rotatable bonds is 5. The number of aryl methyl sites for hydroxylation is 2. The highest BCUT2D eigenvalue weighted by Gasteiger charge is 2.07. The Labute approximate surface area is 117 Å². The zero-order valence-electron chi connectivity index (χ0n) is 11.6. The number of nitrogens with zero attached hydrogens (tertiary/aromatic N) is 2. The Balaban J connectivity index is 1.91. The van der Waals surface area contributed by atoms with Gasteiger partial charge < -0.3 is 15.8 Å². The number of carbonyl (C=O) groups excluding carboxylic acids is 1. The van der Waals surface area contributed by atoms with E-state index in [1.807, 2.05) is 19.2 Å². The maximum absolute atomic E-state index is 11.9. The van der Waals surface area contributed by atoms with E-state index in [2.05, 4.69) is 10.4 Å². The van der Waals surface area contributed by atoms with E-state index in [9.17, 15) is 4.79 Å². The number of benzene rings is 1. The van der Waals surface area contributed by atoms with Crippen molar-refractivity contribution in [3.8, 4) is 5.75 Å². The molecule has 0 saturated carbocycles. The molecule has 0 atom stereocenters. The van der Waals surface area contributed by atoms with Gasteiger partial charge in [-0.25, -0.2) is 0 Å². The van der Waals surface area contributed by atoms with E-state index in [1.165, 1.54) is 0 Å². The lowest BCUT2D eigenvalue weighted by atomic mass is 10.2. The Morgan fingerprint density at radius 1 is 1.45 bits per heavy atom. The molecule has 106 valence electrons. The lowest BCUT2D eigenvalue weighted by Gasteiger charge is -2.09. The highest BCUT2D eigenvalue weighted by molar-refractivity contribution is 5.93. The lowest BCUT2D eigenvalue weighted by molar-refractivity contribution is -0.116. The number of nitrogens with one attached hydrogen (secondary N) is 1. The summed E-state index contributed by atoms with van der Waals surface area (Å²) >= 11 is 0. The minimum Gasteiger partial charge on any atom is -0.497 e. The molecular weight excluding hydrogens is 256 g/mol. The van der Waals surface area contributed by atoms with Crippen molar-refractivity contribution in [2.45, 2.75) is 19.9 Å². The number of nitrogens with two attached hydrogens (primary N) is 1. The largest absolute Gasteiger partial charge is 0.497 e. The third kappa shape index (κ3) is 3.50. The van der Waals surface area contributed by atoms with Gasteiger partial charge in [0.1, 0.15) is 5.75 Å². The van der Waals surface area contributed by atoms with Gasteiger partial charge in [0.15, 0.2) is 0 Å². The fourth-order valence-corrected chi connectivity index (χ4v) is 1.80. The minimum absolute atomic E-state index is 0.102. The minimum atomic E-state index is -0.102. The number of nitrogen functional groups attached to an aromatic ring is 1. The molecule has 0 aliphatic heterocycles. The van der Waals surface area contributed by atoms with Gasteiger partial charge in [0.25, 0.3) is 0 Å². The molecule has 1 amide bonds. The molecule has 1 heterocycles. The summed E-state index contributed by atoms with van der Waals surface area (Å²) in [5, 5.41) is 7.00. The van der Waals surface area contributed by atoms with Gasteiger partial charge >= 0.3 is 0 Å². The molecule has 0 bridgehead atoms. The topological polar surface area (TPSA) is 82.2 Å². The monoisotopic (exact) mass is 274 g/mol. The predicted molar refractivity (Wildman–Crippen MR) is 77.6 cm³/mol. The number of aromatic nitrogens is 2. The first-order valence-corrected chi connectivity index (χ1v) is 6.32. The van der Waals surface area contributed by atoms with Gasteiger partial charge in [0, 0.05) is 25.2 Å². The first-order valence-electron chi connectivity index (χ1n) is 6.32. The Hall–Kier alpha value is -2.50. The van der Waals surface area contributed by atoms with Crippen molar-refractivity contribution < 1.29 is 9.53 Å². The van der Waals surface area contributed by atoms with Crippen LogP contribution in [0.3, 0.4) is 0 Å². The SMILES string of the molecule is COc1ccc(NC(=O)CCn2ccc(C)n2)c(N)c1. The number of hydrogen-bond donors (Lipinski definition) is 2. The van der Waals surface area contributed by atoms with Crippen molar-refractivity contribution in [1.29, 1.82) is 0 Å². The summed E-state index contributed by atoms with van der Waals surface area (Å²) in [6.07, 6.45) is 2.19. The molecule has 0 spiro atoms. The van der Waals surface area contributed by atoms with Gasteiger partial charge in [0.2, 0.25) is 5.91 Å². The highest BCUT2D eigenvalue weighted by atomic mass is 16.5. The zero-order chi connectivity index (χ0) is 14.5. The van der Waals surface area contributed by atoms with E-state index in [-0.39, 0.29) is 5.91 Å². The van der Waals surface area contributed by atoms with Crippen LogP contribution in [-0.4, -0.2) is 22.8 Å². The molecule has 0 unspecified atom stereocenters. The van der Waals surface area contributed by atoms with Crippen LogP contribution in [0.5, 0.6) is 5.75 Å². The first-order chi connectivity index (χ1) is 9.58. The van der Waals surface area contributed by atoms with Crippen LogP contribution in [0.4, 0.5) is 11.4 Å². The van der Waals surface area contributed by atoms with Gasteiger partial charge in [-0.3, -0.25) is 9.48 Å². The fraction of sp³-hybridized carbons (Fsp3) is 0.286. The van der Waals surface area contributed by atoms with Gasteiger partial charge in [-0.15, -0.1) is 0 Å². The molecule has 0 radical (unpaired) electrons. The number of carbonyl (C=O) groups is 1. The molecule has 1 aromatic carbocycles. The molecule has 0 aliphatic rings. The lowest BCUT2D eigenvalue weighted by Crippen LogP contribution is -2.15. The van der Waals surface area contributed by atoms with Crippen molar-refractivity contribution in [3.05, 3.63) is 36.2 Å². The summed E-state index contributed by atoms with van der Waals surface area (Å²) in [6.45, 7) is 2.45. The number of ether oxygens (including phenoxy) is 1. The van der Waals surface area contributed by atoms with E-state index < -0.39 is 0 Å². The zero-order valence-corrected chi connectivity index (χ0v) is 11.6. The average molecular weight is 274 g/mol. The summed E-state index contributed by atoms with van der Waals surface area (Å²) in [5.74, 6) is 0.558. The molecule has 6 nitrogen and oxygen atoms in total. The van der Waals surface area contributed by atoms with E-state index >= 15 is 0 Å². The number of anilines is 2. The summed E-state index contributed by atoms with van der Waals surface area (Å²) in [7, 11) is 1.57. The predicted octanol–water partition coefficient (Wildman–Crippen LogP) is 1.81. The third-order valence-electron chi connectivity index (χ3n) is 2.87. The van der Waals surface area contributed by atoms with E-state index in [0.29, 0.717) is 30.1 Å². The van der Waals surface area contributed by atoms with E-state index in [1.54, 1.807) is 30.0 Å². The van der Waals surface area contributed by atoms with Crippen molar-refractivity contribution in [2.24, 2.45) is 0 Å². The van der Waals surface area contributed by atoms with Gasteiger partial charge in [-0.1, -0.05) is 0 Å².